The van der Waals surface area contributed by atoms with Crippen LogP contribution in [0, 0.1) is 11.3 Å². The summed E-state index contributed by atoms with van der Waals surface area (Å²) in [6.07, 6.45) is 0.430. The Hall–Kier alpha value is -0.860. The fourth-order valence-corrected chi connectivity index (χ4v) is 1.68. The zero-order valence-corrected chi connectivity index (χ0v) is 8.25. The number of anilines is 1. The van der Waals surface area contributed by atoms with Crippen molar-refractivity contribution in [3.63, 3.8) is 0 Å². The summed E-state index contributed by atoms with van der Waals surface area (Å²) in [5.41, 5.74) is 0. The number of aromatic nitrogens is 1. The van der Waals surface area contributed by atoms with Gasteiger partial charge in [0.25, 0.3) is 0 Å². The van der Waals surface area contributed by atoms with Gasteiger partial charge < -0.3 is 5.32 Å². The van der Waals surface area contributed by atoms with E-state index in [4.69, 9.17) is 16.9 Å². The molecule has 0 spiro atoms. The molecule has 1 rings (SSSR count). The predicted molar refractivity (Wildman–Crippen MR) is 50.9 cm³/mol. The zero-order valence-electron chi connectivity index (χ0n) is 6.68. The fourth-order valence-electron chi connectivity index (χ4n) is 0.708. The molecule has 0 saturated carbocycles. The molecule has 3 nitrogen and oxygen atoms in total. The Kier molecular flexibility index (Phi) is 3.93. The number of halogens is 2. The van der Waals surface area contributed by atoms with Gasteiger partial charge >= 0.3 is 0 Å². The molecule has 0 atom stereocenters. The zero-order chi connectivity index (χ0) is 9.68. The topological polar surface area (TPSA) is 48.7 Å². The lowest BCUT2D eigenvalue weighted by molar-refractivity contribution is 0.481. The van der Waals surface area contributed by atoms with Crippen molar-refractivity contribution in [3.8, 4) is 6.07 Å². The SMILES string of the molecule is N#Cc1sc(NCCCF)nc1Cl. The van der Waals surface area contributed by atoms with Crippen molar-refractivity contribution in [3.05, 3.63) is 10.0 Å². The van der Waals surface area contributed by atoms with E-state index in [1.54, 1.807) is 0 Å². The Morgan fingerprint density at radius 1 is 1.69 bits per heavy atom. The summed E-state index contributed by atoms with van der Waals surface area (Å²) >= 11 is 6.79. The van der Waals surface area contributed by atoms with Crippen molar-refractivity contribution in [2.24, 2.45) is 0 Å². The molecule has 1 heterocycles. The highest BCUT2D eigenvalue weighted by Gasteiger charge is 2.07. The van der Waals surface area contributed by atoms with Gasteiger partial charge in [0.05, 0.1) is 6.67 Å². The first-order valence-corrected chi connectivity index (χ1v) is 4.83. The number of rotatable bonds is 4. The second-order valence-corrected chi connectivity index (χ2v) is 3.58. The third-order valence-corrected chi connectivity index (χ3v) is 2.58. The molecule has 0 bridgehead atoms. The van der Waals surface area contributed by atoms with Gasteiger partial charge in [0.15, 0.2) is 10.3 Å². The van der Waals surface area contributed by atoms with E-state index in [1.165, 1.54) is 11.3 Å². The Morgan fingerprint density at radius 2 is 2.46 bits per heavy atom. The molecule has 6 heteroatoms. The number of nitrogens with one attached hydrogen (secondary N) is 1. The van der Waals surface area contributed by atoms with Gasteiger partial charge in [-0.25, -0.2) is 4.98 Å². The van der Waals surface area contributed by atoms with Gasteiger partial charge in [-0.2, -0.15) is 5.26 Å². The second-order valence-electron chi connectivity index (χ2n) is 2.22. The minimum Gasteiger partial charge on any atom is -0.361 e. The molecular weight excluding hydrogens is 213 g/mol. The second kappa shape index (κ2) is 5.00. The van der Waals surface area contributed by atoms with Gasteiger partial charge in [-0.3, -0.25) is 4.39 Å². The molecule has 0 amide bonds. The van der Waals surface area contributed by atoms with Crippen LogP contribution in [-0.4, -0.2) is 18.2 Å². The minimum absolute atomic E-state index is 0.204. The largest absolute Gasteiger partial charge is 0.361 e. The van der Waals surface area contributed by atoms with Crippen molar-refractivity contribution >= 4 is 28.1 Å². The van der Waals surface area contributed by atoms with Crippen molar-refractivity contribution in [1.82, 2.24) is 4.98 Å². The van der Waals surface area contributed by atoms with Crippen LogP contribution in [0.25, 0.3) is 0 Å². The quantitative estimate of drug-likeness (QED) is 0.792. The minimum atomic E-state index is -0.364. The standard InChI is InChI=1S/C7H7ClFN3S/c8-6-5(4-10)13-7(12-6)11-3-1-2-9/h1-3H2,(H,11,12). The average Bonchev–Trinajstić information content (AvgIpc) is 2.47. The summed E-state index contributed by atoms with van der Waals surface area (Å²) in [6, 6.07) is 1.92. The Labute approximate surface area is 84.2 Å². The predicted octanol–water partition coefficient (Wildman–Crippen LogP) is 2.44. The van der Waals surface area contributed by atoms with Crippen molar-refractivity contribution < 1.29 is 4.39 Å². The van der Waals surface area contributed by atoms with Crippen LogP contribution >= 0.6 is 22.9 Å². The first kappa shape index (κ1) is 10.2. The molecule has 0 aromatic carbocycles. The molecule has 0 fully saturated rings. The van der Waals surface area contributed by atoms with E-state index < -0.39 is 0 Å². The molecule has 0 saturated heterocycles. The lowest BCUT2D eigenvalue weighted by Gasteiger charge is -1.97. The van der Waals surface area contributed by atoms with E-state index in [9.17, 15) is 4.39 Å². The summed E-state index contributed by atoms with van der Waals surface area (Å²) in [5, 5.41) is 12.2. The molecule has 0 aliphatic carbocycles. The lowest BCUT2D eigenvalue weighted by Crippen LogP contribution is -2.01. The molecule has 0 aliphatic heterocycles. The van der Waals surface area contributed by atoms with Crippen molar-refractivity contribution in [1.29, 1.82) is 5.26 Å². The molecule has 1 N–H and O–H groups in total. The highest BCUT2D eigenvalue weighted by Crippen LogP contribution is 2.25. The van der Waals surface area contributed by atoms with Gasteiger partial charge in [-0.1, -0.05) is 22.9 Å². The average molecular weight is 220 g/mol. The molecule has 70 valence electrons. The summed E-state index contributed by atoms with van der Waals surface area (Å²) in [6.45, 7) is 0.141. The van der Waals surface area contributed by atoms with E-state index in [1.807, 2.05) is 6.07 Å². The van der Waals surface area contributed by atoms with Gasteiger partial charge in [-0.15, -0.1) is 0 Å². The molecular formula is C7H7ClFN3S. The van der Waals surface area contributed by atoms with E-state index in [-0.39, 0.29) is 11.8 Å². The number of thiazole rings is 1. The van der Waals surface area contributed by atoms with Crippen LogP contribution in [0.2, 0.25) is 5.15 Å². The van der Waals surface area contributed by atoms with Crippen LogP contribution in [0.3, 0.4) is 0 Å². The first-order valence-electron chi connectivity index (χ1n) is 3.64. The normalized spacial score (nSPS) is 9.62. The Balaban J connectivity index is 2.54. The van der Waals surface area contributed by atoms with Crippen LogP contribution in [0.5, 0.6) is 0 Å². The fraction of sp³-hybridized carbons (Fsp3) is 0.429. The molecule has 0 aliphatic rings. The van der Waals surface area contributed by atoms with Gasteiger partial charge in [0.2, 0.25) is 0 Å². The van der Waals surface area contributed by atoms with E-state index >= 15 is 0 Å². The highest BCUT2D eigenvalue weighted by molar-refractivity contribution is 7.16. The monoisotopic (exact) mass is 219 g/mol. The highest BCUT2D eigenvalue weighted by atomic mass is 35.5. The van der Waals surface area contributed by atoms with E-state index in [0.29, 0.717) is 23.0 Å². The van der Waals surface area contributed by atoms with E-state index in [2.05, 4.69) is 10.3 Å². The maximum absolute atomic E-state index is 11.7. The van der Waals surface area contributed by atoms with Crippen LogP contribution in [0.15, 0.2) is 0 Å². The van der Waals surface area contributed by atoms with Crippen LogP contribution in [0.4, 0.5) is 9.52 Å². The summed E-state index contributed by atoms with van der Waals surface area (Å²) in [7, 11) is 0. The number of alkyl halides is 1. The summed E-state index contributed by atoms with van der Waals surface area (Å²) in [5.74, 6) is 0. The van der Waals surface area contributed by atoms with Crippen LogP contribution in [-0.2, 0) is 0 Å². The van der Waals surface area contributed by atoms with E-state index in [0.717, 1.165) is 0 Å². The molecule has 0 radical (unpaired) electrons. The number of hydrogen-bond donors (Lipinski definition) is 1. The lowest BCUT2D eigenvalue weighted by atomic mass is 10.5. The summed E-state index contributed by atoms with van der Waals surface area (Å²) < 4.78 is 11.7. The van der Waals surface area contributed by atoms with Crippen LogP contribution in [0.1, 0.15) is 11.3 Å². The van der Waals surface area contributed by atoms with Gasteiger partial charge in [0.1, 0.15) is 10.9 Å². The summed E-state index contributed by atoms with van der Waals surface area (Å²) in [4.78, 5) is 4.26. The smallest absolute Gasteiger partial charge is 0.185 e. The number of hydrogen-bond acceptors (Lipinski definition) is 4. The van der Waals surface area contributed by atoms with Crippen LogP contribution < -0.4 is 5.32 Å². The third kappa shape index (κ3) is 2.83. The van der Waals surface area contributed by atoms with Crippen molar-refractivity contribution in [2.75, 3.05) is 18.5 Å². The van der Waals surface area contributed by atoms with Crippen molar-refractivity contribution in [2.45, 2.75) is 6.42 Å². The van der Waals surface area contributed by atoms with Gasteiger partial charge in [0, 0.05) is 6.54 Å². The molecule has 1 aromatic rings. The Bertz CT molecular complexity index is 320. The maximum atomic E-state index is 11.7. The third-order valence-electron chi connectivity index (χ3n) is 1.27. The number of nitrogens with zero attached hydrogens (tertiary/aromatic N) is 2. The molecule has 13 heavy (non-hydrogen) atoms. The Morgan fingerprint density at radius 3 is 3.00 bits per heavy atom. The number of nitriles is 1. The molecule has 0 unspecified atom stereocenters. The molecule has 1 aromatic heterocycles. The maximum Gasteiger partial charge on any atom is 0.185 e. The first-order chi connectivity index (χ1) is 6.27. The van der Waals surface area contributed by atoms with Gasteiger partial charge in [-0.05, 0) is 6.42 Å².